The van der Waals surface area contributed by atoms with E-state index in [-0.39, 0.29) is 5.83 Å². The van der Waals surface area contributed by atoms with Crippen molar-refractivity contribution in [2.45, 2.75) is 37.7 Å². The Labute approximate surface area is 141 Å². The van der Waals surface area contributed by atoms with Crippen LogP contribution in [0.5, 0.6) is 5.75 Å². The molecule has 0 atom stereocenters. The Kier molecular flexibility index (Phi) is 2.48. The van der Waals surface area contributed by atoms with Crippen LogP contribution in [0.15, 0.2) is 42.2 Å². The molecule has 24 heavy (non-hydrogen) atoms. The maximum atomic E-state index is 15.5. The minimum atomic E-state index is -0.664. The first-order valence-electron chi connectivity index (χ1n) is 9.32. The predicted molar refractivity (Wildman–Crippen MR) is 93.4 cm³/mol. The maximum Gasteiger partial charge on any atom is 0.166 e. The van der Waals surface area contributed by atoms with Crippen LogP contribution in [0, 0.1) is 23.7 Å². The molecule has 2 aromatic rings. The fourth-order valence-corrected chi connectivity index (χ4v) is 6.42. The smallest absolute Gasteiger partial charge is 0.166 e. The number of fused-ring (bicyclic) bond motifs is 3. The summed E-state index contributed by atoms with van der Waals surface area (Å²) in [5, 5.41) is 2.23. The van der Waals surface area contributed by atoms with Crippen LogP contribution in [0.2, 0.25) is 0 Å². The number of benzene rings is 2. The van der Waals surface area contributed by atoms with Crippen LogP contribution in [-0.4, -0.2) is 5.60 Å². The van der Waals surface area contributed by atoms with E-state index < -0.39 is 5.60 Å². The summed E-state index contributed by atoms with van der Waals surface area (Å²) < 4.78 is 22.1. The predicted octanol–water partition coefficient (Wildman–Crippen LogP) is 5.74. The molecule has 122 valence electrons. The van der Waals surface area contributed by atoms with Gasteiger partial charge in [-0.1, -0.05) is 30.3 Å². The van der Waals surface area contributed by atoms with E-state index in [2.05, 4.69) is 18.2 Å². The average Bonchev–Trinajstić information content (AvgIpc) is 2.59. The summed E-state index contributed by atoms with van der Waals surface area (Å²) in [7, 11) is 0. The van der Waals surface area contributed by atoms with E-state index in [0.29, 0.717) is 11.8 Å². The first kappa shape index (κ1) is 13.5. The summed E-state index contributed by atoms with van der Waals surface area (Å²) in [6.07, 6.45) is 7.77. The third-order valence-corrected chi connectivity index (χ3v) is 7.20. The number of ether oxygens (including phenoxy) is 1. The SMILES string of the molecule is FC1=Cc2c(ccc3ccccc23)OC12C1CC3CC(C1)CC2C3. The van der Waals surface area contributed by atoms with Gasteiger partial charge < -0.3 is 4.74 Å². The summed E-state index contributed by atoms with van der Waals surface area (Å²) in [5.74, 6) is 3.22. The van der Waals surface area contributed by atoms with E-state index in [4.69, 9.17) is 4.74 Å². The molecule has 5 aliphatic rings. The Morgan fingerprint density at radius 1 is 0.875 bits per heavy atom. The number of halogens is 1. The molecular formula is C22H21FO. The van der Waals surface area contributed by atoms with Crippen molar-refractivity contribution in [2.24, 2.45) is 23.7 Å². The second-order valence-electron chi connectivity index (χ2n) is 8.39. The van der Waals surface area contributed by atoms with Gasteiger partial charge in [-0.2, -0.15) is 0 Å². The van der Waals surface area contributed by atoms with Gasteiger partial charge in [-0.25, -0.2) is 4.39 Å². The standard InChI is InChI=1S/C22H21FO/c23-21-12-19-18-4-2-1-3-15(18)5-6-20(19)24-22(21)16-8-13-7-14(10-16)11-17(22)9-13/h1-6,12-14,16-17H,7-11H2. The molecule has 0 N–H and O–H groups in total. The molecule has 0 saturated heterocycles. The molecule has 1 heterocycles. The van der Waals surface area contributed by atoms with Gasteiger partial charge in [0.05, 0.1) is 0 Å². The molecule has 0 amide bonds. The van der Waals surface area contributed by atoms with Gasteiger partial charge in [0.1, 0.15) is 11.6 Å². The molecule has 1 aliphatic heterocycles. The molecule has 4 bridgehead atoms. The fraction of sp³-hybridized carbons (Fsp3) is 0.455. The monoisotopic (exact) mass is 320 g/mol. The van der Waals surface area contributed by atoms with Crippen LogP contribution in [0.1, 0.15) is 37.7 Å². The Hall–Kier alpha value is -1.83. The highest BCUT2D eigenvalue weighted by molar-refractivity contribution is 5.94. The second-order valence-corrected chi connectivity index (χ2v) is 8.39. The molecule has 4 saturated carbocycles. The molecule has 4 fully saturated rings. The Bertz CT molecular complexity index is 853. The van der Waals surface area contributed by atoms with Gasteiger partial charge in [-0.15, -0.1) is 0 Å². The Morgan fingerprint density at radius 3 is 2.33 bits per heavy atom. The van der Waals surface area contributed by atoms with Gasteiger partial charge in [0.15, 0.2) is 5.60 Å². The Morgan fingerprint density at radius 2 is 1.58 bits per heavy atom. The van der Waals surface area contributed by atoms with Gasteiger partial charge in [0.25, 0.3) is 0 Å². The van der Waals surface area contributed by atoms with Crippen molar-refractivity contribution in [2.75, 3.05) is 0 Å². The topological polar surface area (TPSA) is 9.23 Å². The van der Waals surface area contributed by atoms with E-state index in [1.165, 1.54) is 6.42 Å². The molecule has 0 aromatic heterocycles. The third kappa shape index (κ3) is 1.55. The molecular weight excluding hydrogens is 299 g/mol. The van der Waals surface area contributed by atoms with Crippen molar-refractivity contribution in [3.05, 3.63) is 47.8 Å². The molecule has 2 heteroatoms. The summed E-state index contributed by atoms with van der Waals surface area (Å²) in [4.78, 5) is 0. The molecule has 1 nitrogen and oxygen atoms in total. The van der Waals surface area contributed by atoms with Crippen molar-refractivity contribution in [1.82, 2.24) is 0 Å². The van der Waals surface area contributed by atoms with Crippen molar-refractivity contribution in [1.29, 1.82) is 0 Å². The van der Waals surface area contributed by atoms with Crippen molar-refractivity contribution < 1.29 is 9.13 Å². The molecule has 0 unspecified atom stereocenters. The zero-order valence-electron chi connectivity index (χ0n) is 13.7. The summed E-state index contributed by atoms with van der Waals surface area (Å²) in [5.41, 5.74) is 0.258. The molecule has 7 rings (SSSR count). The van der Waals surface area contributed by atoms with Gasteiger partial charge in [-0.3, -0.25) is 0 Å². The van der Waals surface area contributed by atoms with Crippen LogP contribution in [0.4, 0.5) is 4.39 Å². The van der Waals surface area contributed by atoms with Crippen molar-refractivity contribution >= 4 is 16.8 Å². The van der Waals surface area contributed by atoms with Crippen molar-refractivity contribution in [3.63, 3.8) is 0 Å². The van der Waals surface area contributed by atoms with Gasteiger partial charge in [0.2, 0.25) is 0 Å². The Balaban J connectivity index is 1.54. The quantitative estimate of drug-likeness (QED) is 0.601. The van der Waals surface area contributed by atoms with Gasteiger partial charge >= 0.3 is 0 Å². The van der Waals surface area contributed by atoms with Crippen molar-refractivity contribution in [3.8, 4) is 5.75 Å². The summed E-state index contributed by atoms with van der Waals surface area (Å²) in [6, 6.07) is 12.3. The number of hydrogen-bond acceptors (Lipinski definition) is 1. The summed E-state index contributed by atoms with van der Waals surface area (Å²) >= 11 is 0. The van der Waals surface area contributed by atoms with Crippen LogP contribution in [0.25, 0.3) is 16.8 Å². The maximum absolute atomic E-state index is 15.5. The van der Waals surface area contributed by atoms with E-state index in [9.17, 15) is 0 Å². The van der Waals surface area contributed by atoms with E-state index in [1.807, 2.05) is 18.2 Å². The highest BCUT2D eigenvalue weighted by Gasteiger charge is 2.62. The van der Waals surface area contributed by atoms with Crippen LogP contribution < -0.4 is 4.74 Å². The summed E-state index contributed by atoms with van der Waals surface area (Å²) in [6.45, 7) is 0. The largest absolute Gasteiger partial charge is 0.479 e. The minimum absolute atomic E-state index is 0.0137. The van der Waals surface area contributed by atoms with E-state index in [1.54, 1.807) is 6.08 Å². The van der Waals surface area contributed by atoms with Gasteiger partial charge in [0, 0.05) is 17.4 Å². The third-order valence-electron chi connectivity index (χ3n) is 7.20. The molecule has 1 spiro atoms. The first-order chi connectivity index (χ1) is 11.7. The number of hydrogen-bond donors (Lipinski definition) is 0. The molecule has 2 aromatic carbocycles. The second kappa shape index (κ2) is 4.41. The van der Waals surface area contributed by atoms with Crippen LogP contribution >= 0.6 is 0 Å². The van der Waals surface area contributed by atoms with Crippen LogP contribution in [-0.2, 0) is 0 Å². The highest BCUT2D eigenvalue weighted by Crippen LogP contribution is 2.63. The molecule has 0 radical (unpaired) electrons. The zero-order chi connectivity index (χ0) is 15.9. The average molecular weight is 320 g/mol. The van der Waals surface area contributed by atoms with Crippen LogP contribution in [0.3, 0.4) is 0 Å². The van der Waals surface area contributed by atoms with E-state index >= 15 is 4.39 Å². The highest BCUT2D eigenvalue weighted by atomic mass is 19.1. The first-order valence-corrected chi connectivity index (χ1v) is 9.32. The lowest BCUT2D eigenvalue weighted by atomic mass is 9.49. The fourth-order valence-electron chi connectivity index (χ4n) is 6.42. The number of rotatable bonds is 0. The normalized spacial score (nSPS) is 39.0. The lowest BCUT2D eigenvalue weighted by Gasteiger charge is -2.60. The molecule has 4 aliphatic carbocycles. The van der Waals surface area contributed by atoms with E-state index in [0.717, 1.165) is 59.6 Å². The van der Waals surface area contributed by atoms with Gasteiger partial charge in [-0.05, 0) is 66.9 Å². The zero-order valence-corrected chi connectivity index (χ0v) is 13.7. The minimum Gasteiger partial charge on any atom is -0.479 e. The lowest BCUT2D eigenvalue weighted by Crippen LogP contribution is -2.61. The lowest BCUT2D eigenvalue weighted by molar-refractivity contribution is -0.144.